The lowest BCUT2D eigenvalue weighted by Gasteiger charge is -2.15. The highest BCUT2D eigenvalue weighted by molar-refractivity contribution is 5.88. The normalized spacial score (nSPS) is 15.9. The zero-order valence-electron chi connectivity index (χ0n) is 12.1. The molecule has 1 unspecified atom stereocenters. The minimum absolute atomic E-state index is 0.00383. The van der Waals surface area contributed by atoms with Crippen molar-refractivity contribution in [3.05, 3.63) is 30.0 Å². The molecule has 1 aromatic carbocycles. The van der Waals surface area contributed by atoms with Crippen molar-refractivity contribution in [3.8, 4) is 5.75 Å². The predicted molar refractivity (Wildman–Crippen MR) is 80.2 cm³/mol. The van der Waals surface area contributed by atoms with E-state index in [0.717, 1.165) is 35.1 Å². The molecule has 0 bridgehead atoms. The maximum atomic E-state index is 12.1. The van der Waals surface area contributed by atoms with Crippen LogP contribution in [0.3, 0.4) is 0 Å². The summed E-state index contributed by atoms with van der Waals surface area (Å²) in [4.78, 5) is 12.1. The average Bonchev–Trinajstić information content (AvgIpc) is 3.27. The van der Waals surface area contributed by atoms with Gasteiger partial charge in [0.05, 0.1) is 19.8 Å². The van der Waals surface area contributed by atoms with Crippen LogP contribution < -0.4 is 15.8 Å². The predicted octanol–water partition coefficient (Wildman–Crippen LogP) is 1.84. The topological polar surface area (TPSA) is 77.5 Å². The van der Waals surface area contributed by atoms with Crippen LogP contribution in [0.1, 0.15) is 18.4 Å². The zero-order valence-corrected chi connectivity index (χ0v) is 12.1. The van der Waals surface area contributed by atoms with Crippen molar-refractivity contribution in [3.63, 3.8) is 0 Å². The molecule has 3 rings (SSSR count). The number of carbonyl (C=O) groups excluding carboxylic acids is 1. The van der Waals surface area contributed by atoms with Gasteiger partial charge in [0.25, 0.3) is 0 Å². The number of furan rings is 1. The third-order valence-corrected chi connectivity index (χ3v) is 4.01. The SMILES string of the molecule is COc1ccc2c(CC(=O)NC(CN)C3CC3)coc2c1. The summed E-state index contributed by atoms with van der Waals surface area (Å²) in [6.45, 7) is 0.500. The van der Waals surface area contributed by atoms with E-state index in [1.165, 1.54) is 0 Å². The number of nitrogens with two attached hydrogens (primary N) is 1. The lowest BCUT2D eigenvalue weighted by Crippen LogP contribution is -2.42. The molecule has 5 nitrogen and oxygen atoms in total. The number of hydrogen-bond acceptors (Lipinski definition) is 4. The number of benzene rings is 1. The van der Waals surface area contributed by atoms with E-state index in [-0.39, 0.29) is 11.9 Å². The molecule has 5 heteroatoms. The molecule has 1 fully saturated rings. The van der Waals surface area contributed by atoms with Crippen molar-refractivity contribution in [1.29, 1.82) is 0 Å². The molecule has 112 valence electrons. The number of methoxy groups -OCH3 is 1. The van der Waals surface area contributed by atoms with Crippen LogP contribution in [0.25, 0.3) is 11.0 Å². The van der Waals surface area contributed by atoms with Crippen molar-refractivity contribution in [2.24, 2.45) is 11.7 Å². The number of nitrogens with one attached hydrogen (secondary N) is 1. The average molecular weight is 288 g/mol. The number of carbonyl (C=O) groups is 1. The Morgan fingerprint density at radius 2 is 2.33 bits per heavy atom. The molecule has 1 heterocycles. The molecule has 1 amide bonds. The van der Waals surface area contributed by atoms with Gasteiger partial charge in [-0.15, -0.1) is 0 Å². The third-order valence-electron chi connectivity index (χ3n) is 4.01. The fraction of sp³-hybridized carbons (Fsp3) is 0.438. The van der Waals surface area contributed by atoms with Crippen LogP contribution in [-0.4, -0.2) is 25.6 Å². The quantitative estimate of drug-likeness (QED) is 0.850. The van der Waals surface area contributed by atoms with Crippen LogP contribution in [0.2, 0.25) is 0 Å². The van der Waals surface area contributed by atoms with Crippen molar-refractivity contribution >= 4 is 16.9 Å². The third kappa shape index (κ3) is 3.03. The number of amides is 1. The van der Waals surface area contributed by atoms with Gasteiger partial charge >= 0.3 is 0 Å². The Morgan fingerprint density at radius 3 is 3.00 bits per heavy atom. The van der Waals surface area contributed by atoms with E-state index in [4.69, 9.17) is 14.9 Å². The second-order valence-corrected chi connectivity index (χ2v) is 5.55. The summed E-state index contributed by atoms with van der Waals surface area (Å²) in [6.07, 6.45) is 4.27. The van der Waals surface area contributed by atoms with Crippen LogP contribution in [0.5, 0.6) is 5.75 Å². The summed E-state index contributed by atoms with van der Waals surface area (Å²) in [5.41, 5.74) is 7.33. The Labute approximate surface area is 123 Å². The van der Waals surface area contributed by atoms with E-state index < -0.39 is 0 Å². The van der Waals surface area contributed by atoms with Gasteiger partial charge in [-0.05, 0) is 30.9 Å². The second kappa shape index (κ2) is 5.77. The smallest absolute Gasteiger partial charge is 0.224 e. The molecule has 0 radical (unpaired) electrons. The van der Waals surface area contributed by atoms with Crippen molar-refractivity contribution < 1.29 is 13.9 Å². The monoisotopic (exact) mass is 288 g/mol. The maximum absolute atomic E-state index is 12.1. The molecule has 0 aliphatic heterocycles. The lowest BCUT2D eigenvalue weighted by molar-refractivity contribution is -0.121. The molecular weight excluding hydrogens is 268 g/mol. The highest BCUT2D eigenvalue weighted by Gasteiger charge is 2.31. The van der Waals surface area contributed by atoms with Crippen LogP contribution in [0.4, 0.5) is 0 Å². The standard InChI is InChI=1S/C16H20N2O3/c1-20-12-4-5-13-11(9-21-15(13)7-12)6-16(19)18-14(8-17)10-2-3-10/h4-5,7,9-10,14H,2-3,6,8,17H2,1H3,(H,18,19). The first-order valence-electron chi connectivity index (χ1n) is 7.25. The molecule has 0 saturated heterocycles. The van der Waals surface area contributed by atoms with Gasteiger partial charge in [0.1, 0.15) is 11.3 Å². The fourth-order valence-corrected chi connectivity index (χ4v) is 2.63. The molecule has 3 N–H and O–H groups in total. The van der Waals surface area contributed by atoms with Gasteiger partial charge in [0.2, 0.25) is 5.91 Å². The lowest BCUT2D eigenvalue weighted by atomic mass is 10.1. The van der Waals surface area contributed by atoms with Gasteiger partial charge in [0.15, 0.2) is 0 Å². The van der Waals surface area contributed by atoms with Gasteiger partial charge in [-0.25, -0.2) is 0 Å². The van der Waals surface area contributed by atoms with Gasteiger partial charge in [-0.3, -0.25) is 4.79 Å². The Bertz CT molecular complexity index is 646. The van der Waals surface area contributed by atoms with E-state index in [0.29, 0.717) is 18.9 Å². The minimum Gasteiger partial charge on any atom is -0.497 e. The first-order chi connectivity index (χ1) is 10.2. The van der Waals surface area contributed by atoms with E-state index in [9.17, 15) is 4.79 Å². The minimum atomic E-state index is -0.00383. The maximum Gasteiger partial charge on any atom is 0.224 e. The number of fused-ring (bicyclic) bond motifs is 1. The van der Waals surface area contributed by atoms with Crippen molar-refractivity contribution in [2.75, 3.05) is 13.7 Å². The Morgan fingerprint density at radius 1 is 1.52 bits per heavy atom. The Hall–Kier alpha value is -2.01. The van der Waals surface area contributed by atoms with Crippen molar-refractivity contribution in [2.45, 2.75) is 25.3 Å². The second-order valence-electron chi connectivity index (χ2n) is 5.55. The van der Waals surface area contributed by atoms with E-state index in [1.807, 2.05) is 18.2 Å². The summed E-state index contributed by atoms with van der Waals surface area (Å²) < 4.78 is 10.7. The first-order valence-corrected chi connectivity index (χ1v) is 7.25. The Kier molecular flexibility index (Phi) is 3.84. The Balaban J connectivity index is 1.70. The largest absolute Gasteiger partial charge is 0.497 e. The fourth-order valence-electron chi connectivity index (χ4n) is 2.63. The zero-order chi connectivity index (χ0) is 14.8. The van der Waals surface area contributed by atoms with Gasteiger partial charge in [-0.1, -0.05) is 0 Å². The van der Waals surface area contributed by atoms with E-state index in [2.05, 4.69) is 5.32 Å². The summed E-state index contributed by atoms with van der Waals surface area (Å²) >= 11 is 0. The highest BCUT2D eigenvalue weighted by Crippen LogP contribution is 2.32. The van der Waals surface area contributed by atoms with E-state index >= 15 is 0 Å². The van der Waals surface area contributed by atoms with Crippen LogP contribution in [-0.2, 0) is 11.2 Å². The summed E-state index contributed by atoms with van der Waals surface area (Å²) in [6, 6.07) is 5.72. The first kappa shape index (κ1) is 13.9. The van der Waals surface area contributed by atoms with Crippen molar-refractivity contribution in [1.82, 2.24) is 5.32 Å². The van der Waals surface area contributed by atoms with Crippen LogP contribution in [0.15, 0.2) is 28.9 Å². The molecule has 2 aromatic rings. The molecule has 1 aromatic heterocycles. The molecule has 21 heavy (non-hydrogen) atoms. The van der Waals surface area contributed by atoms with Gasteiger partial charge < -0.3 is 20.2 Å². The van der Waals surface area contributed by atoms with Gasteiger partial charge in [-0.2, -0.15) is 0 Å². The van der Waals surface area contributed by atoms with Crippen LogP contribution >= 0.6 is 0 Å². The molecular formula is C16H20N2O3. The molecule has 1 saturated carbocycles. The summed E-state index contributed by atoms with van der Waals surface area (Å²) in [5.74, 6) is 1.30. The molecule has 0 spiro atoms. The summed E-state index contributed by atoms with van der Waals surface area (Å²) in [7, 11) is 1.61. The highest BCUT2D eigenvalue weighted by atomic mass is 16.5. The molecule has 1 atom stereocenters. The number of rotatable bonds is 6. The summed E-state index contributed by atoms with van der Waals surface area (Å²) in [5, 5.41) is 3.97. The molecule has 1 aliphatic rings. The van der Waals surface area contributed by atoms with E-state index in [1.54, 1.807) is 13.4 Å². The van der Waals surface area contributed by atoms with Gasteiger partial charge in [0, 0.05) is 29.6 Å². The van der Waals surface area contributed by atoms with Crippen LogP contribution in [0, 0.1) is 5.92 Å². The molecule has 1 aliphatic carbocycles. The number of ether oxygens (including phenoxy) is 1. The number of hydrogen-bond donors (Lipinski definition) is 2.